The van der Waals surface area contributed by atoms with Crippen LogP contribution in [0.2, 0.25) is 0 Å². The summed E-state index contributed by atoms with van der Waals surface area (Å²) in [6.45, 7) is 1.26. The summed E-state index contributed by atoms with van der Waals surface area (Å²) in [4.78, 5) is 38.9. The molecule has 164 valence electrons. The van der Waals surface area contributed by atoms with Gasteiger partial charge in [0, 0.05) is 16.6 Å². The quantitative estimate of drug-likeness (QED) is 0.448. The molecular formula is C26H21N3O4. The third-order valence-corrected chi connectivity index (χ3v) is 5.81. The van der Waals surface area contributed by atoms with Crippen molar-refractivity contribution in [3.8, 4) is 11.3 Å². The van der Waals surface area contributed by atoms with Gasteiger partial charge in [0.1, 0.15) is 23.4 Å². The number of hydrogen-bond donors (Lipinski definition) is 2. The van der Waals surface area contributed by atoms with Crippen molar-refractivity contribution < 1.29 is 18.8 Å². The Labute approximate surface area is 190 Å². The topological polar surface area (TPSA) is 91.7 Å². The van der Waals surface area contributed by atoms with Crippen LogP contribution < -0.4 is 10.6 Å². The van der Waals surface area contributed by atoms with E-state index < -0.39 is 23.4 Å². The van der Waals surface area contributed by atoms with Crippen LogP contribution in [0.15, 0.2) is 89.3 Å². The summed E-state index contributed by atoms with van der Waals surface area (Å²) in [5.74, 6) is -0.199. The molecule has 1 saturated heterocycles. The predicted octanol–water partition coefficient (Wildman–Crippen LogP) is 4.51. The number of furan rings is 1. The van der Waals surface area contributed by atoms with Gasteiger partial charge in [0.2, 0.25) is 5.91 Å². The zero-order valence-electron chi connectivity index (χ0n) is 17.9. The number of fused-ring (bicyclic) bond motifs is 1. The summed E-state index contributed by atoms with van der Waals surface area (Å²) < 4.78 is 5.87. The van der Waals surface area contributed by atoms with Crippen LogP contribution in [0.25, 0.3) is 22.3 Å². The highest BCUT2D eigenvalue weighted by atomic mass is 16.3. The Kier molecular flexibility index (Phi) is 4.94. The lowest BCUT2D eigenvalue weighted by Gasteiger charge is -2.22. The predicted molar refractivity (Wildman–Crippen MR) is 124 cm³/mol. The number of urea groups is 1. The summed E-state index contributed by atoms with van der Waals surface area (Å²) in [7, 11) is 0. The number of carbonyl (C=O) groups is 3. The van der Waals surface area contributed by atoms with Crippen molar-refractivity contribution in [1.29, 1.82) is 0 Å². The monoisotopic (exact) mass is 439 g/mol. The van der Waals surface area contributed by atoms with Crippen molar-refractivity contribution in [3.63, 3.8) is 0 Å². The van der Waals surface area contributed by atoms with E-state index in [0.717, 1.165) is 27.2 Å². The molecule has 0 aliphatic carbocycles. The highest BCUT2D eigenvalue weighted by molar-refractivity contribution is 6.10. The molecule has 2 N–H and O–H groups in total. The van der Waals surface area contributed by atoms with Crippen molar-refractivity contribution in [2.45, 2.75) is 12.5 Å². The molecule has 1 aromatic heterocycles. The van der Waals surface area contributed by atoms with Crippen LogP contribution in [-0.4, -0.2) is 29.3 Å². The van der Waals surface area contributed by atoms with Gasteiger partial charge in [-0.15, -0.1) is 0 Å². The number of para-hydroxylation sites is 1. The number of amides is 4. The lowest BCUT2D eigenvalue weighted by Crippen LogP contribution is -2.42. The Morgan fingerprint density at radius 1 is 0.970 bits per heavy atom. The van der Waals surface area contributed by atoms with E-state index in [-0.39, 0.29) is 6.54 Å². The first-order valence-electron chi connectivity index (χ1n) is 10.5. The molecule has 33 heavy (non-hydrogen) atoms. The molecule has 5 rings (SSSR count). The van der Waals surface area contributed by atoms with Crippen molar-refractivity contribution in [3.05, 3.63) is 90.5 Å². The largest absolute Gasteiger partial charge is 0.456 e. The van der Waals surface area contributed by atoms with E-state index >= 15 is 0 Å². The standard InChI is InChI=1S/C26H21N3O4/c1-26(19-8-3-2-4-9-19)24(31)29(25(32)28-26)16-23(30)27-20-13-11-17(12-14-20)22-15-18-7-5-6-10-21(18)33-22/h2-15H,16H2,1H3,(H,27,30)(H,28,32)/t26-/m0/s1. The van der Waals surface area contributed by atoms with Gasteiger partial charge in [-0.05, 0) is 48.9 Å². The van der Waals surface area contributed by atoms with Crippen LogP contribution in [-0.2, 0) is 15.1 Å². The van der Waals surface area contributed by atoms with Crippen molar-refractivity contribution in [2.24, 2.45) is 0 Å². The fourth-order valence-corrected chi connectivity index (χ4v) is 3.99. The van der Waals surface area contributed by atoms with Crippen LogP contribution in [0.4, 0.5) is 10.5 Å². The van der Waals surface area contributed by atoms with Gasteiger partial charge < -0.3 is 15.1 Å². The van der Waals surface area contributed by atoms with Crippen LogP contribution in [0.3, 0.4) is 0 Å². The molecule has 1 fully saturated rings. The zero-order chi connectivity index (χ0) is 23.0. The van der Waals surface area contributed by atoms with Gasteiger partial charge in [0.05, 0.1) is 0 Å². The molecule has 1 aliphatic rings. The summed E-state index contributed by atoms with van der Waals surface area (Å²) in [6.07, 6.45) is 0. The van der Waals surface area contributed by atoms with Gasteiger partial charge in [0.15, 0.2) is 0 Å². The number of carbonyl (C=O) groups excluding carboxylic acids is 3. The Morgan fingerprint density at radius 3 is 2.39 bits per heavy atom. The summed E-state index contributed by atoms with van der Waals surface area (Å²) in [5.41, 5.74) is 1.69. The molecule has 2 heterocycles. The maximum Gasteiger partial charge on any atom is 0.325 e. The maximum atomic E-state index is 13.0. The number of benzene rings is 3. The van der Waals surface area contributed by atoms with Gasteiger partial charge in [-0.1, -0.05) is 48.5 Å². The smallest absolute Gasteiger partial charge is 0.325 e. The van der Waals surface area contributed by atoms with Gasteiger partial charge in [-0.25, -0.2) is 4.79 Å². The Bertz CT molecular complexity index is 1330. The number of rotatable bonds is 5. The third-order valence-electron chi connectivity index (χ3n) is 5.81. The van der Waals surface area contributed by atoms with Crippen molar-refractivity contribution in [2.75, 3.05) is 11.9 Å². The first-order chi connectivity index (χ1) is 15.9. The highest BCUT2D eigenvalue weighted by Crippen LogP contribution is 2.30. The molecule has 0 bridgehead atoms. The average molecular weight is 439 g/mol. The number of nitrogens with zero attached hydrogens (tertiary/aromatic N) is 1. The van der Waals surface area contributed by atoms with Crippen molar-refractivity contribution in [1.82, 2.24) is 10.2 Å². The van der Waals surface area contributed by atoms with Gasteiger partial charge in [0.25, 0.3) is 5.91 Å². The Morgan fingerprint density at radius 2 is 1.67 bits per heavy atom. The molecular weight excluding hydrogens is 418 g/mol. The fourth-order valence-electron chi connectivity index (χ4n) is 3.99. The minimum atomic E-state index is -1.20. The second kappa shape index (κ2) is 7.94. The van der Waals surface area contributed by atoms with Crippen LogP contribution in [0.5, 0.6) is 0 Å². The fraction of sp³-hybridized carbons (Fsp3) is 0.115. The lowest BCUT2D eigenvalue weighted by atomic mass is 9.92. The zero-order valence-corrected chi connectivity index (χ0v) is 17.9. The van der Waals surface area contributed by atoms with Gasteiger partial charge in [-0.2, -0.15) is 0 Å². The van der Waals surface area contributed by atoms with Crippen LogP contribution in [0, 0.1) is 0 Å². The lowest BCUT2D eigenvalue weighted by molar-refractivity contribution is -0.133. The van der Waals surface area contributed by atoms with Gasteiger partial charge in [-0.3, -0.25) is 14.5 Å². The molecule has 7 heteroatoms. The molecule has 0 unspecified atom stereocenters. The molecule has 0 radical (unpaired) electrons. The minimum Gasteiger partial charge on any atom is -0.456 e. The van der Waals surface area contributed by atoms with Crippen LogP contribution in [0.1, 0.15) is 12.5 Å². The molecule has 1 aliphatic heterocycles. The normalized spacial score (nSPS) is 17.9. The summed E-state index contributed by atoms with van der Waals surface area (Å²) >= 11 is 0. The molecule has 0 spiro atoms. The summed E-state index contributed by atoms with van der Waals surface area (Å²) in [5, 5.41) is 6.45. The number of imide groups is 1. The summed E-state index contributed by atoms with van der Waals surface area (Å²) in [6, 6.07) is 25.3. The molecule has 7 nitrogen and oxygen atoms in total. The Balaban J connectivity index is 1.26. The molecule has 3 aromatic carbocycles. The minimum absolute atomic E-state index is 0.377. The van der Waals surface area contributed by atoms with Crippen molar-refractivity contribution >= 4 is 34.5 Å². The van der Waals surface area contributed by atoms with E-state index in [2.05, 4.69) is 10.6 Å². The third kappa shape index (κ3) is 3.74. The molecule has 1 atom stereocenters. The number of nitrogens with one attached hydrogen (secondary N) is 2. The van der Waals surface area contributed by atoms with E-state index in [1.54, 1.807) is 43.3 Å². The van der Waals surface area contributed by atoms with Crippen LogP contribution >= 0.6 is 0 Å². The van der Waals surface area contributed by atoms with E-state index in [1.807, 2.05) is 48.5 Å². The average Bonchev–Trinajstić information content (AvgIpc) is 3.35. The number of anilines is 1. The van der Waals surface area contributed by atoms with E-state index in [0.29, 0.717) is 11.3 Å². The molecule has 4 aromatic rings. The molecule has 0 saturated carbocycles. The van der Waals surface area contributed by atoms with E-state index in [4.69, 9.17) is 4.42 Å². The SMILES string of the molecule is C[C@@]1(c2ccccc2)NC(=O)N(CC(=O)Nc2ccc(-c3cc4ccccc4o3)cc2)C1=O. The second-order valence-corrected chi connectivity index (χ2v) is 8.09. The molecule has 4 amide bonds. The second-order valence-electron chi connectivity index (χ2n) is 8.09. The first-order valence-corrected chi connectivity index (χ1v) is 10.5. The maximum absolute atomic E-state index is 13.0. The first kappa shape index (κ1) is 20.5. The van der Waals surface area contributed by atoms with Gasteiger partial charge >= 0.3 is 6.03 Å². The Hall–Kier alpha value is -4.39. The van der Waals surface area contributed by atoms with E-state index in [1.165, 1.54) is 0 Å². The number of hydrogen-bond acceptors (Lipinski definition) is 4. The van der Waals surface area contributed by atoms with E-state index in [9.17, 15) is 14.4 Å². The highest BCUT2D eigenvalue weighted by Gasteiger charge is 2.49.